The van der Waals surface area contributed by atoms with Crippen molar-refractivity contribution in [3.63, 3.8) is 0 Å². The molecule has 0 aliphatic rings. The SMILES string of the molecule is CCOc1ccc(NC(=O)Cn2c(CS(C)(=O)=O)nc3ccccc32)cc1. The van der Waals surface area contributed by atoms with E-state index in [4.69, 9.17) is 4.74 Å². The van der Waals surface area contributed by atoms with Crippen LogP contribution in [0.4, 0.5) is 5.69 Å². The number of hydrogen-bond donors (Lipinski definition) is 1. The van der Waals surface area contributed by atoms with Crippen molar-refractivity contribution in [2.24, 2.45) is 0 Å². The van der Waals surface area contributed by atoms with Crippen LogP contribution < -0.4 is 10.1 Å². The van der Waals surface area contributed by atoms with Crippen LogP contribution in [0.25, 0.3) is 11.0 Å². The first-order valence-corrected chi connectivity index (χ1v) is 10.6. The number of ether oxygens (including phenoxy) is 1. The number of amides is 1. The summed E-state index contributed by atoms with van der Waals surface area (Å²) in [5.74, 6) is 0.585. The minimum atomic E-state index is -3.28. The van der Waals surface area contributed by atoms with Crippen LogP contribution in [0, 0.1) is 0 Å². The molecule has 0 radical (unpaired) electrons. The number of rotatable bonds is 7. The van der Waals surface area contributed by atoms with Crippen molar-refractivity contribution in [2.45, 2.75) is 19.2 Å². The van der Waals surface area contributed by atoms with Gasteiger partial charge in [-0.05, 0) is 43.3 Å². The molecule has 8 heteroatoms. The minimum Gasteiger partial charge on any atom is -0.494 e. The lowest BCUT2D eigenvalue weighted by Crippen LogP contribution is -2.21. The molecule has 0 saturated heterocycles. The molecule has 1 aromatic heterocycles. The number of sulfone groups is 1. The van der Waals surface area contributed by atoms with E-state index in [1.54, 1.807) is 34.9 Å². The van der Waals surface area contributed by atoms with Gasteiger partial charge < -0.3 is 14.6 Å². The number of benzene rings is 2. The molecule has 7 nitrogen and oxygen atoms in total. The minimum absolute atomic E-state index is 0.0292. The van der Waals surface area contributed by atoms with E-state index in [1.807, 2.05) is 25.1 Å². The zero-order valence-corrected chi connectivity index (χ0v) is 16.0. The van der Waals surface area contributed by atoms with Crippen LogP contribution in [0.5, 0.6) is 5.75 Å². The molecule has 0 aliphatic heterocycles. The number of imidazole rings is 1. The lowest BCUT2D eigenvalue weighted by Gasteiger charge is -2.10. The fourth-order valence-electron chi connectivity index (χ4n) is 2.79. The number of para-hydroxylation sites is 2. The molecule has 0 atom stereocenters. The van der Waals surface area contributed by atoms with Gasteiger partial charge in [0.2, 0.25) is 5.91 Å². The van der Waals surface area contributed by atoms with Gasteiger partial charge in [-0.2, -0.15) is 0 Å². The van der Waals surface area contributed by atoms with Gasteiger partial charge in [-0.25, -0.2) is 13.4 Å². The van der Waals surface area contributed by atoms with Crippen LogP contribution in [0.15, 0.2) is 48.5 Å². The predicted molar refractivity (Wildman–Crippen MR) is 105 cm³/mol. The quantitative estimate of drug-likeness (QED) is 0.673. The summed E-state index contributed by atoms with van der Waals surface area (Å²) in [6.07, 6.45) is 1.15. The van der Waals surface area contributed by atoms with E-state index in [0.29, 0.717) is 23.6 Å². The van der Waals surface area contributed by atoms with Crippen molar-refractivity contribution in [3.05, 3.63) is 54.4 Å². The lowest BCUT2D eigenvalue weighted by molar-refractivity contribution is -0.116. The van der Waals surface area contributed by atoms with Gasteiger partial charge in [0.1, 0.15) is 23.9 Å². The fourth-order valence-corrected chi connectivity index (χ4v) is 3.48. The molecule has 3 rings (SSSR count). The van der Waals surface area contributed by atoms with Gasteiger partial charge in [-0.3, -0.25) is 4.79 Å². The summed E-state index contributed by atoms with van der Waals surface area (Å²) in [5.41, 5.74) is 2.01. The highest BCUT2D eigenvalue weighted by molar-refractivity contribution is 7.89. The molecule has 0 fully saturated rings. The van der Waals surface area contributed by atoms with E-state index in [-0.39, 0.29) is 18.2 Å². The van der Waals surface area contributed by atoms with E-state index in [1.165, 1.54) is 0 Å². The Morgan fingerprint density at radius 1 is 1.15 bits per heavy atom. The lowest BCUT2D eigenvalue weighted by atomic mass is 10.3. The maximum absolute atomic E-state index is 12.5. The van der Waals surface area contributed by atoms with Crippen LogP contribution in [0.3, 0.4) is 0 Å². The van der Waals surface area contributed by atoms with Gasteiger partial charge in [-0.1, -0.05) is 12.1 Å². The average molecular weight is 387 g/mol. The molecule has 0 bridgehead atoms. The first-order chi connectivity index (χ1) is 12.9. The van der Waals surface area contributed by atoms with Crippen molar-refractivity contribution >= 4 is 32.5 Å². The number of hydrogen-bond acceptors (Lipinski definition) is 5. The van der Waals surface area contributed by atoms with Crippen molar-refractivity contribution < 1.29 is 17.9 Å². The van der Waals surface area contributed by atoms with Gasteiger partial charge in [0.15, 0.2) is 9.84 Å². The first kappa shape index (κ1) is 18.9. The summed E-state index contributed by atoms with van der Waals surface area (Å²) >= 11 is 0. The summed E-state index contributed by atoms with van der Waals surface area (Å²) in [6.45, 7) is 2.44. The van der Waals surface area contributed by atoms with E-state index >= 15 is 0 Å². The highest BCUT2D eigenvalue weighted by Gasteiger charge is 2.17. The molecule has 142 valence electrons. The number of nitrogens with zero attached hydrogens (tertiary/aromatic N) is 2. The summed E-state index contributed by atoms with van der Waals surface area (Å²) in [6, 6.07) is 14.3. The Morgan fingerprint density at radius 3 is 2.52 bits per heavy atom. The van der Waals surface area contributed by atoms with Crippen molar-refractivity contribution in [1.82, 2.24) is 9.55 Å². The average Bonchev–Trinajstić information content (AvgIpc) is 2.92. The Kier molecular flexibility index (Phi) is 5.46. The summed E-state index contributed by atoms with van der Waals surface area (Å²) in [5, 5.41) is 2.81. The topological polar surface area (TPSA) is 90.3 Å². The van der Waals surface area contributed by atoms with Gasteiger partial charge in [0.25, 0.3) is 0 Å². The standard InChI is InChI=1S/C19H21N3O4S/c1-3-26-15-10-8-14(9-11-15)20-19(23)12-22-17-7-5-4-6-16(17)21-18(22)13-27(2,24)25/h4-11H,3,12-13H2,1-2H3,(H,20,23). The Labute approximate surface area is 157 Å². The largest absolute Gasteiger partial charge is 0.494 e. The molecular weight excluding hydrogens is 366 g/mol. The van der Waals surface area contributed by atoms with E-state index in [9.17, 15) is 13.2 Å². The van der Waals surface area contributed by atoms with Gasteiger partial charge in [-0.15, -0.1) is 0 Å². The van der Waals surface area contributed by atoms with Crippen LogP contribution in [-0.2, 0) is 26.9 Å². The summed E-state index contributed by atoms with van der Waals surface area (Å²) < 4.78 is 30.5. The van der Waals surface area contributed by atoms with Gasteiger partial charge in [0.05, 0.1) is 17.6 Å². The van der Waals surface area contributed by atoms with Crippen LogP contribution in [0.1, 0.15) is 12.7 Å². The number of nitrogens with one attached hydrogen (secondary N) is 1. The van der Waals surface area contributed by atoms with Crippen molar-refractivity contribution in [2.75, 3.05) is 18.2 Å². The highest BCUT2D eigenvalue weighted by Crippen LogP contribution is 2.19. The third-order valence-corrected chi connectivity index (χ3v) is 4.66. The normalized spacial score (nSPS) is 11.5. The Hall–Kier alpha value is -2.87. The molecular formula is C19H21N3O4S. The van der Waals surface area contributed by atoms with Crippen LogP contribution >= 0.6 is 0 Å². The predicted octanol–water partition coefficient (Wildman–Crippen LogP) is 2.62. The molecule has 3 aromatic rings. The molecule has 0 saturated carbocycles. The molecule has 1 N–H and O–H groups in total. The number of fused-ring (bicyclic) bond motifs is 1. The van der Waals surface area contributed by atoms with Crippen LogP contribution in [0.2, 0.25) is 0 Å². The first-order valence-electron chi connectivity index (χ1n) is 8.50. The molecule has 2 aromatic carbocycles. The molecule has 1 heterocycles. The summed E-state index contributed by atoms with van der Waals surface area (Å²) in [7, 11) is -3.28. The maximum atomic E-state index is 12.5. The Bertz CT molecular complexity index is 1060. The zero-order chi connectivity index (χ0) is 19.4. The number of carbonyl (C=O) groups is 1. The third-order valence-electron chi connectivity index (χ3n) is 3.88. The summed E-state index contributed by atoms with van der Waals surface area (Å²) in [4.78, 5) is 16.9. The van der Waals surface area contributed by atoms with Crippen molar-refractivity contribution in [3.8, 4) is 5.75 Å². The highest BCUT2D eigenvalue weighted by atomic mass is 32.2. The second-order valence-electron chi connectivity index (χ2n) is 6.18. The maximum Gasteiger partial charge on any atom is 0.244 e. The Balaban J connectivity index is 1.82. The third kappa shape index (κ3) is 4.85. The molecule has 27 heavy (non-hydrogen) atoms. The number of aromatic nitrogens is 2. The Morgan fingerprint density at radius 2 is 1.85 bits per heavy atom. The van der Waals surface area contributed by atoms with Crippen molar-refractivity contribution in [1.29, 1.82) is 0 Å². The van der Waals surface area contributed by atoms with E-state index < -0.39 is 9.84 Å². The second-order valence-corrected chi connectivity index (χ2v) is 8.32. The fraction of sp³-hybridized carbons (Fsp3) is 0.263. The molecule has 0 aliphatic carbocycles. The van der Waals surface area contributed by atoms with E-state index in [2.05, 4.69) is 10.3 Å². The van der Waals surface area contributed by atoms with Crippen LogP contribution in [-0.4, -0.2) is 36.7 Å². The van der Waals surface area contributed by atoms with Gasteiger partial charge >= 0.3 is 0 Å². The molecule has 1 amide bonds. The van der Waals surface area contributed by atoms with Gasteiger partial charge in [0, 0.05) is 11.9 Å². The molecule has 0 unspecified atom stereocenters. The zero-order valence-electron chi connectivity index (χ0n) is 15.2. The molecule has 0 spiro atoms. The second kappa shape index (κ2) is 7.79. The monoisotopic (exact) mass is 387 g/mol. The van der Waals surface area contributed by atoms with E-state index in [0.717, 1.165) is 17.5 Å². The number of carbonyl (C=O) groups excluding carboxylic acids is 1. The smallest absolute Gasteiger partial charge is 0.244 e. The number of anilines is 1.